The fourth-order valence-electron chi connectivity index (χ4n) is 3.48. The second-order valence-electron chi connectivity index (χ2n) is 6.94. The molecule has 2 aliphatic rings. The van der Waals surface area contributed by atoms with Crippen LogP contribution in [0.4, 0.5) is 11.6 Å². The highest BCUT2D eigenvalue weighted by Crippen LogP contribution is 2.30. The maximum Gasteiger partial charge on any atom is 0.129 e. The van der Waals surface area contributed by atoms with Gasteiger partial charge in [0.05, 0.1) is 5.69 Å². The van der Waals surface area contributed by atoms with Crippen LogP contribution in [0.25, 0.3) is 11.3 Å². The molecular formula is C19H26N6. The van der Waals surface area contributed by atoms with E-state index >= 15 is 0 Å². The molecule has 2 aromatic heterocycles. The molecule has 1 aliphatic carbocycles. The third-order valence-electron chi connectivity index (χ3n) is 5.03. The fourth-order valence-corrected chi connectivity index (χ4v) is 3.48. The SMILES string of the molecule is CCNc1cc(-c2ccc(NC3CCN(C4CC4)CC3)nc2)ncn1. The Hall–Kier alpha value is -2.21. The van der Waals surface area contributed by atoms with E-state index in [2.05, 4.69) is 49.5 Å². The molecule has 0 amide bonds. The first-order valence-electron chi connectivity index (χ1n) is 9.35. The van der Waals surface area contributed by atoms with Crippen LogP contribution in [-0.4, -0.2) is 51.6 Å². The van der Waals surface area contributed by atoms with Crippen LogP contribution < -0.4 is 10.6 Å². The van der Waals surface area contributed by atoms with Crippen molar-refractivity contribution in [3.05, 3.63) is 30.7 Å². The smallest absolute Gasteiger partial charge is 0.129 e. The summed E-state index contributed by atoms with van der Waals surface area (Å²) in [5.74, 6) is 1.80. The number of pyridine rings is 1. The third kappa shape index (κ3) is 4.07. The van der Waals surface area contributed by atoms with E-state index in [0.29, 0.717) is 6.04 Å². The van der Waals surface area contributed by atoms with Crippen LogP contribution in [0.1, 0.15) is 32.6 Å². The standard InChI is InChI=1S/C19H26N6/c1-2-20-19-11-17(22-13-23-19)14-3-6-18(21-12-14)24-15-7-9-25(10-8-15)16-4-5-16/h3,6,11-13,15-16H,2,4-5,7-10H2,1H3,(H,21,24)(H,20,22,23). The summed E-state index contributed by atoms with van der Waals surface area (Å²) in [6, 6.07) is 7.51. The van der Waals surface area contributed by atoms with Gasteiger partial charge in [-0.05, 0) is 44.7 Å². The lowest BCUT2D eigenvalue weighted by molar-refractivity contribution is 0.210. The number of nitrogens with zero attached hydrogens (tertiary/aromatic N) is 4. The van der Waals surface area contributed by atoms with Gasteiger partial charge in [0.1, 0.15) is 18.0 Å². The number of hydrogen-bond acceptors (Lipinski definition) is 6. The van der Waals surface area contributed by atoms with E-state index in [4.69, 9.17) is 0 Å². The summed E-state index contributed by atoms with van der Waals surface area (Å²) in [6.07, 6.45) is 8.70. The molecule has 1 aliphatic heterocycles. The van der Waals surface area contributed by atoms with Gasteiger partial charge in [-0.15, -0.1) is 0 Å². The van der Waals surface area contributed by atoms with Crippen LogP contribution in [0.3, 0.4) is 0 Å². The predicted molar refractivity (Wildman–Crippen MR) is 101 cm³/mol. The number of piperidine rings is 1. The third-order valence-corrected chi connectivity index (χ3v) is 5.03. The van der Waals surface area contributed by atoms with Crippen molar-refractivity contribution < 1.29 is 0 Å². The minimum atomic E-state index is 0.535. The maximum absolute atomic E-state index is 4.59. The first-order chi connectivity index (χ1) is 12.3. The molecule has 0 aromatic carbocycles. The van der Waals surface area contributed by atoms with Gasteiger partial charge in [0, 0.05) is 49.5 Å². The van der Waals surface area contributed by atoms with Crippen LogP contribution >= 0.6 is 0 Å². The molecule has 6 nitrogen and oxygen atoms in total. The summed E-state index contributed by atoms with van der Waals surface area (Å²) in [5.41, 5.74) is 1.90. The summed E-state index contributed by atoms with van der Waals surface area (Å²) in [5, 5.41) is 6.80. The second kappa shape index (κ2) is 7.35. The van der Waals surface area contributed by atoms with Crippen molar-refractivity contribution in [2.45, 2.75) is 44.7 Å². The largest absolute Gasteiger partial charge is 0.370 e. The van der Waals surface area contributed by atoms with Crippen LogP contribution in [0.2, 0.25) is 0 Å². The van der Waals surface area contributed by atoms with Crippen molar-refractivity contribution in [1.29, 1.82) is 0 Å². The van der Waals surface area contributed by atoms with Gasteiger partial charge in [-0.2, -0.15) is 0 Å². The average molecular weight is 338 g/mol. The molecule has 1 saturated carbocycles. The molecule has 3 heterocycles. The predicted octanol–water partition coefficient (Wildman–Crippen LogP) is 3.01. The van der Waals surface area contributed by atoms with Crippen molar-refractivity contribution >= 4 is 11.6 Å². The lowest BCUT2D eigenvalue weighted by Crippen LogP contribution is -2.40. The van der Waals surface area contributed by atoms with E-state index in [1.807, 2.05) is 12.3 Å². The molecule has 2 aromatic rings. The summed E-state index contributed by atoms with van der Waals surface area (Å²) < 4.78 is 0. The minimum absolute atomic E-state index is 0.535. The zero-order chi connectivity index (χ0) is 17.1. The van der Waals surface area contributed by atoms with Gasteiger partial charge in [0.25, 0.3) is 0 Å². The van der Waals surface area contributed by atoms with Gasteiger partial charge in [0.2, 0.25) is 0 Å². The molecular weight excluding hydrogens is 312 g/mol. The number of hydrogen-bond donors (Lipinski definition) is 2. The number of anilines is 2. The summed E-state index contributed by atoms with van der Waals surface area (Å²) in [6.45, 7) is 5.33. The van der Waals surface area contributed by atoms with E-state index in [0.717, 1.165) is 35.5 Å². The van der Waals surface area contributed by atoms with Gasteiger partial charge >= 0.3 is 0 Å². The van der Waals surface area contributed by atoms with Crippen LogP contribution in [0.15, 0.2) is 30.7 Å². The molecule has 0 unspecified atom stereocenters. The molecule has 132 valence electrons. The molecule has 2 N–H and O–H groups in total. The topological polar surface area (TPSA) is 66.0 Å². The monoisotopic (exact) mass is 338 g/mol. The molecule has 0 atom stereocenters. The Bertz CT molecular complexity index is 689. The van der Waals surface area contributed by atoms with E-state index in [1.54, 1.807) is 6.33 Å². The van der Waals surface area contributed by atoms with Crippen molar-refractivity contribution in [2.75, 3.05) is 30.3 Å². The Balaban J connectivity index is 1.36. The normalized spacial score (nSPS) is 18.9. The van der Waals surface area contributed by atoms with Gasteiger partial charge in [0.15, 0.2) is 0 Å². The van der Waals surface area contributed by atoms with Crippen LogP contribution in [0.5, 0.6) is 0 Å². The molecule has 0 spiro atoms. The summed E-state index contributed by atoms with van der Waals surface area (Å²) in [7, 11) is 0. The lowest BCUT2D eigenvalue weighted by Gasteiger charge is -2.32. The van der Waals surface area contributed by atoms with E-state index in [-0.39, 0.29) is 0 Å². The Labute approximate surface area is 149 Å². The first kappa shape index (κ1) is 16.3. The van der Waals surface area contributed by atoms with Gasteiger partial charge < -0.3 is 15.5 Å². The lowest BCUT2D eigenvalue weighted by atomic mass is 10.0. The average Bonchev–Trinajstić information content (AvgIpc) is 3.49. The number of nitrogens with one attached hydrogen (secondary N) is 2. The first-order valence-corrected chi connectivity index (χ1v) is 9.35. The quantitative estimate of drug-likeness (QED) is 0.844. The second-order valence-corrected chi connectivity index (χ2v) is 6.94. The van der Waals surface area contributed by atoms with E-state index < -0.39 is 0 Å². The number of likely N-dealkylation sites (tertiary alicyclic amines) is 1. The zero-order valence-electron chi connectivity index (χ0n) is 14.8. The van der Waals surface area contributed by atoms with Crippen LogP contribution in [-0.2, 0) is 0 Å². The maximum atomic E-state index is 4.59. The molecule has 0 radical (unpaired) electrons. The Morgan fingerprint density at radius 2 is 1.88 bits per heavy atom. The Morgan fingerprint density at radius 3 is 2.56 bits per heavy atom. The number of aromatic nitrogens is 3. The van der Waals surface area contributed by atoms with Gasteiger partial charge in [-0.1, -0.05) is 0 Å². The molecule has 2 fully saturated rings. The zero-order valence-corrected chi connectivity index (χ0v) is 14.8. The van der Waals surface area contributed by atoms with Crippen molar-refractivity contribution in [3.63, 3.8) is 0 Å². The molecule has 1 saturated heterocycles. The molecule has 6 heteroatoms. The van der Waals surface area contributed by atoms with Crippen molar-refractivity contribution in [2.24, 2.45) is 0 Å². The Morgan fingerprint density at radius 1 is 1.04 bits per heavy atom. The minimum Gasteiger partial charge on any atom is -0.370 e. The van der Waals surface area contributed by atoms with Crippen molar-refractivity contribution in [1.82, 2.24) is 19.9 Å². The van der Waals surface area contributed by atoms with E-state index in [1.165, 1.54) is 38.8 Å². The number of rotatable bonds is 6. The fraction of sp³-hybridized carbons (Fsp3) is 0.526. The van der Waals surface area contributed by atoms with E-state index in [9.17, 15) is 0 Å². The van der Waals surface area contributed by atoms with Crippen molar-refractivity contribution in [3.8, 4) is 11.3 Å². The van der Waals surface area contributed by atoms with Crippen LogP contribution in [0, 0.1) is 0 Å². The van der Waals surface area contributed by atoms with Gasteiger partial charge in [-0.3, -0.25) is 0 Å². The summed E-state index contributed by atoms with van der Waals surface area (Å²) >= 11 is 0. The highest BCUT2D eigenvalue weighted by atomic mass is 15.2. The highest BCUT2D eigenvalue weighted by Gasteiger charge is 2.31. The Kier molecular flexibility index (Phi) is 4.78. The van der Waals surface area contributed by atoms with Gasteiger partial charge in [-0.25, -0.2) is 15.0 Å². The molecule has 0 bridgehead atoms. The highest BCUT2D eigenvalue weighted by molar-refractivity contribution is 5.62. The molecule has 25 heavy (non-hydrogen) atoms. The molecule has 4 rings (SSSR count). The summed E-state index contributed by atoms with van der Waals surface area (Å²) in [4.78, 5) is 15.8.